The second-order valence-electron chi connectivity index (χ2n) is 3.01. The summed E-state index contributed by atoms with van der Waals surface area (Å²) < 4.78 is 3.63. The van der Waals surface area contributed by atoms with Gasteiger partial charge in [0.2, 0.25) is 0 Å². The first-order valence-corrected chi connectivity index (χ1v) is 5.45. The van der Waals surface area contributed by atoms with Gasteiger partial charge >= 0.3 is 0 Å². The molecule has 2 aromatic rings. The smallest absolute Gasteiger partial charge is 0.256 e. The predicted octanol–water partition coefficient (Wildman–Crippen LogP) is 2.03. The van der Waals surface area contributed by atoms with E-state index in [1.807, 2.05) is 0 Å². The minimum Gasteiger partial charge on any atom is -0.399 e. The first kappa shape index (κ1) is 10.8. The van der Waals surface area contributed by atoms with Gasteiger partial charge in [0.1, 0.15) is 5.00 Å². The number of anilines is 2. The van der Waals surface area contributed by atoms with Crippen LogP contribution in [0, 0.1) is 0 Å². The first-order chi connectivity index (χ1) is 7.65. The number of carbonyl (C=O) groups is 1. The molecule has 0 unspecified atom stereocenters. The van der Waals surface area contributed by atoms with Gasteiger partial charge in [-0.3, -0.25) is 4.79 Å². The van der Waals surface area contributed by atoms with Crippen LogP contribution in [0.15, 0.2) is 24.4 Å². The Morgan fingerprint density at radius 3 is 2.88 bits per heavy atom. The molecule has 0 bridgehead atoms. The van der Waals surface area contributed by atoms with E-state index in [0.29, 0.717) is 21.3 Å². The van der Waals surface area contributed by atoms with Crippen molar-refractivity contribution in [3.8, 4) is 0 Å². The lowest BCUT2D eigenvalue weighted by atomic mass is 10.2. The Balaban J connectivity index is 2.21. The summed E-state index contributed by atoms with van der Waals surface area (Å²) >= 11 is 6.89. The Labute approximate surface area is 100 Å². The largest absolute Gasteiger partial charge is 0.399 e. The van der Waals surface area contributed by atoms with E-state index in [1.54, 1.807) is 18.2 Å². The van der Waals surface area contributed by atoms with E-state index in [4.69, 9.17) is 17.3 Å². The van der Waals surface area contributed by atoms with Gasteiger partial charge in [0.05, 0.1) is 6.20 Å². The second-order valence-corrected chi connectivity index (χ2v) is 4.23. The lowest BCUT2D eigenvalue weighted by Gasteiger charge is -2.03. The van der Waals surface area contributed by atoms with Crippen LogP contribution in [0.3, 0.4) is 0 Å². The molecule has 0 atom stereocenters. The average Bonchev–Trinajstić information content (AvgIpc) is 2.68. The van der Waals surface area contributed by atoms with Gasteiger partial charge < -0.3 is 11.1 Å². The van der Waals surface area contributed by atoms with Gasteiger partial charge in [-0.1, -0.05) is 16.1 Å². The lowest BCUT2D eigenvalue weighted by Crippen LogP contribution is -2.11. The third-order valence-electron chi connectivity index (χ3n) is 1.78. The SMILES string of the molecule is Nc1cc(Cl)cc(C(=O)Nc2cnns2)c1. The molecule has 5 nitrogen and oxygen atoms in total. The molecule has 82 valence electrons. The van der Waals surface area contributed by atoms with Gasteiger partial charge in [-0.15, -0.1) is 5.10 Å². The predicted molar refractivity (Wildman–Crippen MR) is 63.7 cm³/mol. The van der Waals surface area contributed by atoms with Crippen LogP contribution >= 0.6 is 23.1 Å². The van der Waals surface area contributed by atoms with Crippen molar-refractivity contribution in [2.75, 3.05) is 11.1 Å². The maximum Gasteiger partial charge on any atom is 0.256 e. The van der Waals surface area contributed by atoms with Crippen molar-refractivity contribution in [2.45, 2.75) is 0 Å². The third kappa shape index (κ3) is 2.47. The van der Waals surface area contributed by atoms with E-state index in [9.17, 15) is 4.79 Å². The Bertz CT molecular complexity index is 494. The number of hydrogen-bond acceptors (Lipinski definition) is 5. The summed E-state index contributed by atoms with van der Waals surface area (Å²) in [5.74, 6) is -0.291. The van der Waals surface area contributed by atoms with E-state index >= 15 is 0 Å². The third-order valence-corrected chi connectivity index (χ3v) is 2.58. The van der Waals surface area contributed by atoms with Crippen molar-refractivity contribution < 1.29 is 4.79 Å². The number of aromatic nitrogens is 2. The zero-order valence-electron chi connectivity index (χ0n) is 7.98. The molecule has 0 saturated carbocycles. The van der Waals surface area contributed by atoms with Gasteiger partial charge in [0, 0.05) is 27.8 Å². The van der Waals surface area contributed by atoms with Crippen LogP contribution in [0.4, 0.5) is 10.7 Å². The summed E-state index contributed by atoms with van der Waals surface area (Å²) in [5.41, 5.74) is 6.43. The number of nitrogens with zero attached hydrogens (tertiary/aromatic N) is 2. The molecule has 7 heteroatoms. The van der Waals surface area contributed by atoms with E-state index in [0.717, 1.165) is 11.5 Å². The highest BCUT2D eigenvalue weighted by molar-refractivity contribution is 7.10. The normalized spacial score (nSPS) is 10.1. The molecule has 1 aromatic heterocycles. The molecular weight excluding hydrogens is 248 g/mol. The van der Waals surface area contributed by atoms with Crippen LogP contribution in [0.5, 0.6) is 0 Å². The molecule has 1 heterocycles. The van der Waals surface area contributed by atoms with Crippen molar-refractivity contribution in [3.05, 3.63) is 35.0 Å². The number of hydrogen-bond donors (Lipinski definition) is 2. The lowest BCUT2D eigenvalue weighted by molar-refractivity contribution is 0.102. The van der Waals surface area contributed by atoms with Crippen LogP contribution in [0.25, 0.3) is 0 Å². The highest BCUT2D eigenvalue weighted by Gasteiger charge is 2.08. The number of benzene rings is 1. The number of nitrogen functional groups attached to an aromatic ring is 1. The quantitative estimate of drug-likeness (QED) is 0.804. The fourth-order valence-electron chi connectivity index (χ4n) is 1.15. The van der Waals surface area contributed by atoms with Crippen molar-refractivity contribution in [1.29, 1.82) is 0 Å². The molecular formula is C9H7ClN4OS. The molecule has 0 fully saturated rings. The van der Waals surface area contributed by atoms with Gasteiger partial charge in [-0.25, -0.2) is 0 Å². The fraction of sp³-hybridized carbons (Fsp3) is 0. The molecule has 16 heavy (non-hydrogen) atoms. The monoisotopic (exact) mass is 254 g/mol. The van der Waals surface area contributed by atoms with Crippen molar-refractivity contribution in [2.24, 2.45) is 0 Å². The number of nitrogens with two attached hydrogens (primary N) is 1. The number of carbonyl (C=O) groups excluding carboxylic acids is 1. The number of rotatable bonds is 2. The summed E-state index contributed by atoms with van der Waals surface area (Å²) in [5, 5.41) is 7.24. The molecule has 0 aliphatic heterocycles. The van der Waals surface area contributed by atoms with E-state index in [-0.39, 0.29) is 5.91 Å². The molecule has 0 aliphatic carbocycles. The zero-order chi connectivity index (χ0) is 11.5. The van der Waals surface area contributed by atoms with Gasteiger partial charge in [0.25, 0.3) is 5.91 Å². The van der Waals surface area contributed by atoms with Crippen molar-refractivity contribution >= 4 is 39.7 Å². The highest BCUT2D eigenvalue weighted by atomic mass is 35.5. The highest BCUT2D eigenvalue weighted by Crippen LogP contribution is 2.18. The van der Waals surface area contributed by atoms with E-state index in [2.05, 4.69) is 14.9 Å². The summed E-state index contributed by atoms with van der Waals surface area (Å²) in [6.07, 6.45) is 1.47. The minimum absolute atomic E-state index is 0.291. The van der Waals surface area contributed by atoms with Gasteiger partial charge in [-0.2, -0.15) is 0 Å². The molecule has 0 saturated heterocycles. The van der Waals surface area contributed by atoms with Crippen LogP contribution in [-0.2, 0) is 0 Å². The maximum absolute atomic E-state index is 11.7. The average molecular weight is 255 g/mol. The summed E-state index contributed by atoms with van der Waals surface area (Å²) in [6.45, 7) is 0. The van der Waals surface area contributed by atoms with Crippen LogP contribution in [0.1, 0.15) is 10.4 Å². The Morgan fingerprint density at radius 2 is 2.25 bits per heavy atom. The Hall–Kier alpha value is -1.66. The molecule has 0 spiro atoms. The van der Waals surface area contributed by atoms with Crippen LogP contribution in [-0.4, -0.2) is 15.5 Å². The number of amides is 1. The molecule has 1 aromatic carbocycles. The van der Waals surface area contributed by atoms with Gasteiger partial charge in [0.15, 0.2) is 0 Å². The first-order valence-electron chi connectivity index (χ1n) is 4.30. The Morgan fingerprint density at radius 1 is 1.44 bits per heavy atom. The molecule has 2 rings (SSSR count). The molecule has 3 N–H and O–H groups in total. The molecule has 0 radical (unpaired) electrons. The van der Waals surface area contributed by atoms with Crippen LogP contribution in [0.2, 0.25) is 5.02 Å². The standard InChI is InChI=1S/C9H7ClN4OS/c10-6-1-5(2-7(11)3-6)9(15)13-8-4-12-14-16-8/h1-4H,11H2,(H,13,15). The van der Waals surface area contributed by atoms with Crippen LogP contribution < -0.4 is 11.1 Å². The second kappa shape index (κ2) is 4.46. The fourth-order valence-corrected chi connectivity index (χ4v) is 1.81. The van der Waals surface area contributed by atoms with Gasteiger partial charge in [-0.05, 0) is 18.2 Å². The zero-order valence-corrected chi connectivity index (χ0v) is 9.55. The topological polar surface area (TPSA) is 80.9 Å². The Kier molecular flexibility index (Phi) is 3.02. The molecule has 1 amide bonds. The summed E-state index contributed by atoms with van der Waals surface area (Å²) in [7, 11) is 0. The maximum atomic E-state index is 11.7. The van der Waals surface area contributed by atoms with Crippen molar-refractivity contribution in [3.63, 3.8) is 0 Å². The minimum atomic E-state index is -0.291. The summed E-state index contributed by atoms with van der Waals surface area (Å²) in [4.78, 5) is 11.7. The van der Waals surface area contributed by atoms with Crippen molar-refractivity contribution in [1.82, 2.24) is 9.59 Å². The van der Waals surface area contributed by atoms with E-state index in [1.165, 1.54) is 6.20 Å². The molecule has 0 aliphatic rings. The number of halogens is 1. The van der Waals surface area contributed by atoms with E-state index < -0.39 is 0 Å². The summed E-state index contributed by atoms with van der Waals surface area (Å²) in [6, 6.07) is 4.67. The number of nitrogens with one attached hydrogen (secondary N) is 1.